The van der Waals surface area contributed by atoms with Gasteiger partial charge in [-0.1, -0.05) is 23.2 Å². The number of fused-ring (bicyclic) bond motifs is 1. The lowest BCUT2D eigenvalue weighted by molar-refractivity contribution is 0.0593. The molecule has 0 amide bonds. The number of benzene rings is 1. The first-order valence-corrected chi connectivity index (χ1v) is 7.15. The fraction of sp³-hybridized carbons (Fsp3) is 0.333. The van der Waals surface area contributed by atoms with Crippen LogP contribution in [-0.2, 0) is 4.74 Å². The fourth-order valence-corrected chi connectivity index (χ4v) is 2.52. The maximum absolute atomic E-state index is 11.7. The molecule has 0 radical (unpaired) electrons. The molecule has 0 aliphatic rings. The largest absolute Gasteiger partial charge is 0.490 e. The quantitative estimate of drug-likeness (QED) is 0.783. The molecule has 0 saturated heterocycles. The molecule has 21 heavy (non-hydrogen) atoms. The van der Waals surface area contributed by atoms with Crippen molar-refractivity contribution >= 4 is 40.1 Å². The molecule has 1 aromatic heterocycles. The van der Waals surface area contributed by atoms with E-state index in [0.717, 1.165) is 5.56 Å². The summed E-state index contributed by atoms with van der Waals surface area (Å²) in [5.41, 5.74) is 1.36. The molecule has 2 rings (SSSR count). The van der Waals surface area contributed by atoms with Gasteiger partial charge in [-0.05, 0) is 32.4 Å². The Labute approximate surface area is 133 Å². The number of hydrogen-bond donors (Lipinski definition) is 0. The molecule has 6 heteroatoms. The summed E-state index contributed by atoms with van der Waals surface area (Å²) in [6.07, 6.45) is -0.0866. The number of ether oxygens (including phenoxy) is 2. The van der Waals surface area contributed by atoms with Gasteiger partial charge in [-0.25, -0.2) is 9.78 Å². The number of aromatic nitrogens is 1. The van der Waals surface area contributed by atoms with Gasteiger partial charge in [0.2, 0.25) is 0 Å². The number of methoxy groups -OCH3 is 1. The van der Waals surface area contributed by atoms with E-state index in [9.17, 15) is 4.79 Å². The van der Waals surface area contributed by atoms with Crippen LogP contribution in [-0.4, -0.2) is 24.2 Å². The predicted octanol–water partition coefficient (Wildman–Crippen LogP) is 4.42. The van der Waals surface area contributed by atoms with Crippen molar-refractivity contribution in [1.82, 2.24) is 4.98 Å². The number of pyridine rings is 1. The molecule has 1 heterocycles. The molecule has 112 valence electrons. The minimum absolute atomic E-state index is 0.0866. The number of carbonyl (C=O) groups excluding carboxylic acids is 1. The number of halogens is 2. The second kappa shape index (κ2) is 6.08. The van der Waals surface area contributed by atoms with E-state index in [1.165, 1.54) is 13.2 Å². The van der Waals surface area contributed by atoms with E-state index in [0.29, 0.717) is 26.7 Å². The van der Waals surface area contributed by atoms with E-state index in [-0.39, 0.29) is 11.8 Å². The van der Waals surface area contributed by atoms with Gasteiger partial charge in [0.15, 0.2) is 5.69 Å². The summed E-state index contributed by atoms with van der Waals surface area (Å²) >= 11 is 12.6. The second-order valence-corrected chi connectivity index (χ2v) is 5.66. The number of nitrogens with zero attached hydrogens (tertiary/aromatic N) is 1. The van der Waals surface area contributed by atoms with Crippen LogP contribution in [0.4, 0.5) is 0 Å². The van der Waals surface area contributed by atoms with Crippen LogP contribution in [0, 0.1) is 6.92 Å². The third kappa shape index (κ3) is 3.06. The van der Waals surface area contributed by atoms with Crippen molar-refractivity contribution in [1.29, 1.82) is 0 Å². The van der Waals surface area contributed by atoms with Gasteiger partial charge >= 0.3 is 5.97 Å². The molecule has 0 unspecified atom stereocenters. The van der Waals surface area contributed by atoms with E-state index in [2.05, 4.69) is 4.98 Å². The average Bonchev–Trinajstić information content (AvgIpc) is 2.42. The minimum atomic E-state index is -0.557. The highest BCUT2D eigenvalue weighted by molar-refractivity contribution is 6.41. The maximum atomic E-state index is 11.7. The van der Waals surface area contributed by atoms with Gasteiger partial charge in [-0.15, -0.1) is 0 Å². The molecule has 0 fully saturated rings. The van der Waals surface area contributed by atoms with Crippen molar-refractivity contribution in [3.8, 4) is 5.75 Å². The zero-order valence-electron chi connectivity index (χ0n) is 12.2. The van der Waals surface area contributed by atoms with E-state index in [4.69, 9.17) is 32.7 Å². The first kappa shape index (κ1) is 15.9. The molecule has 2 aromatic rings. The van der Waals surface area contributed by atoms with Crippen molar-refractivity contribution in [2.45, 2.75) is 26.9 Å². The van der Waals surface area contributed by atoms with Crippen LogP contribution in [0.15, 0.2) is 12.1 Å². The normalized spacial score (nSPS) is 11.0. The van der Waals surface area contributed by atoms with Gasteiger partial charge in [-0.3, -0.25) is 0 Å². The number of aryl methyl sites for hydroxylation is 1. The topological polar surface area (TPSA) is 48.4 Å². The number of rotatable bonds is 3. The Morgan fingerprint density at radius 2 is 1.95 bits per heavy atom. The summed E-state index contributed by atoms with van der Waals surface area (Å²) in [6, 6.07) is 3.23. The Kier molecular flexibility index (Phi) is 4.59. The third-order valence-corrected chi connectivity index (χ3v) is 3.65. The lowest BCUT2D eigenvalue weighted by atomic mass is 10.1. The van der Waals surface area contributed by atoms with Gasteiger partial charge in [0.05, 0.1) is 34.2 Å². The Morgan fingerprint density at radius 3 is 2.52 bits per heavy atom. The summed E-state index contributed by atoms with van der Waals surface area (Å²) in [4.78, 5) is 16.0. The van der Waals surface area contributed by atoms with Crippen LogP contribution in [0.25, 0.3) is 10.9 Å². The lowest BCUT2D eigenvalue weighted by Crippen LogP contribution is -2.10. The molecule has 0 aliphatic carbocycles. The van der Waals surface area contributed by atoms with E-state index < -0.39 is 5.97 Å². The zero-order chi connectivity index (χ0) is 15.7. The highest BCUT2D eigenvalue weighted by Crippen LogP contribution is 2.38. The molecule has 0 atom stereocenters. The maximum Gasteiger partial charge on any atom is 0.356 e. The zero-order valence-corrected chi connectivity index (χ0v) is 13.7. The Hall–Kier alpha value is -1.52. The SMILES string of the molecule is COC(=O)c1cc(OC(C)C)c2c(Cl)c(C)cc(Cl)c2n1. The van der Waals surface area contributed by atoms with Crippen molar-refractivity contribution in [3.63, 3.8) is 0 Å². The third-order valence-electron chi connectivity index (χ3n) is 2.88. The predicted molar refractivity (Wildman–Crippen MR) is 83.6 cm³/mol. The molecule has 0 aliphatic heterocycles. The molecular weight excluding hydrogens is 313 g/mol. The monoisotopic (exact) mass is 327 g/mol. The molecule has 0 saturated carbocycles. The molecule has 0 N–H and O–H groups in total. The average molecular weight is 328 g/mol. The summed E-state index contributed by atoms with van der Waals surface area (Å²) in [5, 5.41) is 1.52. The minimum Gasteiger partial charge on any atom is -0.490 e. The van der Waals surface area contributed by atoms with Gasteiger partial charge in [0.1, 0.15) is 5.75 Å². The van der Waals surface area contributed by atoms with Gasteiger partial charge < -0.3 is 9.47 Å². The summed E-state index contributed by atoms with van der Waals surface area (Å²) in [6.45, 7) is 5.62. The Balaban J connectivity index is 2.84. The molecular formula is C15H15Cl2NO3. The highest BCUT2D eigenvalue weighted by atomic mass is 35.5. The van der Waals surface area contributed by atoms with Gasteiger partial charge in [0.25, 0.3) is 0 Å². The molecule has 0 spiro atoms. The van der Waals surface area contributed by atoms with Gasteiger partial charge in [0, 0.05) is 6.07 Å². The molecule has 0 bridgehead atoms. The second-order valence-electron chi connectivity index (χ2n) is 4.88. The van der Waals surface area contributed by atoms with Crippen LogP contribution in [0.5, 0.6) is 5.75 Å². The Bertz CT molecular complexity index is 714. The lowest BCUT2D eigenvalue weighted by Gasteiger charge is -2.16. The molecule has 1 aromatic carbocycles. The van der Waals surface area contributed by atoms with Crippen LogP contribution in [0.3, 0.4) is 0 Å². The summed E-state index contributed by atoms with van der Waals surface area (Å²) < 4.78 is 10.5. The van der Waals surface area contributed by atoms with Crippen LogP contribution >= 0.6 is 23.2 Å². The van der Waals surface area contributed by atoms with Crippen LogP contribution in [0.1, 0.15) is 29.9 Å². The number of hydrogen-bond acceptors (Lipinski definition) is 4. The van der Waals surface area contributed by atoms with E-state index in [1.807, 2.05) is 20.8 Å². The standard InChI is InChI=1S/C15H15Cl2NO3/c1-7(2)21-11-6-10(15(19)20-4)18-14-9(16)5-8(3)13(17)12(11)14/h5-7H,1-4H3. The van der Waals surface area contributed by atoms with E-state index >= 15 is 0 Å². The highest BCUT2D eigenvalue weighted by Gasteiger charge is 2.19. The van der Waals surface area contributed by atoms with E-state index in [1.54, 1.807) is 6.07 Å². The van der Waals surface area contributed by atoms with Crippen molar-refractivity contribution < 1.29 is 14.3 Å². The summed E-state index contributed by atoms with van der Waals surface area (Å²) in [5.74, 6) is -0.0933. The first-order valence-electron chi connectivity index (χ1n) is 6.39. The fourth-order valence-electron chi connectivity index (χ4n) is 1.98. The van der Waals surface area contributed by atoms with Crippen LogP contribution < -0.4 is 4.74 Å². The first-order chi connectivity index (χ1) is 9.85. The Morgan fingerprint density at radius 1 is 1.29 bits per heavy atom. The number of carbonyl (C=O) groups is 1. The van der Waals surface area contributed by atoms with Gasteiger partial charge in [-0.2, -0.15) is 0 Å². The van der Waals surface area contributed by atoms with Crippen molar-refractivity contribution in [2.24, 2.45) is 0 Å². The van der Waals surface area contributed by atoms with Crippen molar-refractivity contribution in [2.75, 3.05) is 7.11 Å². The smallest absolute Gasteiger partial charge is 0.356 e. The van der Waals surface area contributed by atoms with Crippen LogP contribution in [0.2, 0.25) is 10.0 Å². The summed E-state index contributed by atoms with van der Waals surface area (Å²) in [7, 11) is 1.29. The number of esters is 1. The van der Waals surface area contributed by atoms with Crippen molar-refractivity contribution in [3.05, 3.63) is 33.4 Å². The molecule has 4 nitrogen and oxygen atoms in total.